The summed E-state index contributed by atoms with van der Waals surface area (Å²) >= 11 is 6.12. The first-order valence-corrected chi connectivity index (χ1v) is 9.73. The van der Waals surface area contributed by atoms with E-state index in [0.29, 0.717) is 42.8 Å². The van der Waals surface area contributed by atoms with Gasteiger partial charge < -0.3 is 21.3 Å². The molecule has 2 rings (SSSR count). The van der Waals surface area contributed by atoms with Crippen molar-refractivity contribution in [1.29, 1.82) is 0 Å². The van der Waals surface area contributed by atoms with E-state index in [0.717, 1.165) is 18.4 Å². The van der Waals surface area contributed by atoms with Gasteiger partial charge in [0.15, 0.2) is 5.96 Å². The smallest absolute Gasteiger partial charge is 0.226 e. The van der Waals surface area contributed by atoms with E-state index in [9.17, 15) is 9.59 Å². The molecule has 1 aliphatic rings. The Hall–Kier alpha value is -1.55. The van der Waals surface area contributed by atoms with Gasteiger partial charge in [0, 0.05) is 32.0 Å². The Labute approximate surface area is 188 Å². The number of anilines is 1. The summed E-state index contributed by atoms with van der Waals surface area (Å²) in [4.78, 5) is 28.0. The molecule has 0 bridgehead atoms. The fourth-order valence-electron chi connectivity index (χ4n) is 2.40. The molecule has 7 nitrogen and oxygen atoms in total. The molecule has 0 aromatic heterocycles. The summed E-state index contributed by atoms with van der Waals surface area (Å²) in [6.45, 7) is 6.10. The monoisotopic (exact) mass is 521 g/mol. The van der Waals surface area contributed by atoms with Crippen LogP contribution in [0.5, 0.6) is 0 Å². The molecule has 0 radical (unpaired) electrons. The molecule has 0 unspecified atom stereocenters. The second-order valence-corrected chi connectivity index (χ2v) is 6.94. The van der Waals surface area contributed by atoms with Gasteiger partial charge in [-0.15, -0.1) is 24.0 Å². The van der Waals surface area contributed by atoms with Crippen molar-refractivity contribution in [3.63, 3.8) is 0 Å². The molecule has 0 spiro atoms. The van der Waals surface area contributed by atoms with Crippen molar-refractivity contribution >= 4 is 59.0 Å². The third-order valence-corrected chi connectivity index (χ3v) is 4.33. The molecule has 4 N–H and O–H groups in total. The van der Waals surface area contributed by atoms with Gasteiger partial charge in [0.1, 0.15) is 0 Å². The summed E-state index contributed by atoms with van der Waals surface area (Å²) in [5, 5.41) is 12.5. The largest absolute Gasteiger partial charge is 0.357 e. The van der Waals surface area contributed by atoms with Gasteiger partial charge in [0.2, 0.25) is 11.8 Å². The minimum absolute atomic E-state index is 0. The minimum atomic E-state index is -0.142. The molecule has 0 atom stereocenters. The Morgan fingerprint density at radius 1 is 1.18 bits per heavy atom. The lowest BCUT2D eigenvalue weighted by molar-refractivity contribution is -0.122. The standard InChI is InChI=1S/C19H28ClN5O2.HI/c1-3-21-19(24-11-10-22-18(27)14-5-6-14)23-9-8-17(26)25-16-7-4-13(2)12-15(16)20;/h4,7,12,14H,3,5-6,8-11H2,1-2H3,(H,22,27)(H,25,26)(H2,21,23,24);1H. The zero-order valence-electron chi connectivity index (χ0n) is 16.3. The average molecular weight is 522 g/mol. The van der Waals surface area contributed by atoms with Crippen LogP contribution in [-0.2, 0) is 9.59 Å². The molecule has 1 fully saturated rings. The predicted molar refractivity (Wildman–Crippen MR) is 125 cm³/mol. The van der Waals surface area contributed by atoms with Crippen LogP contribution in [0.1, 0.15) is 31.7 Å². The number of benzene rings is 1. The number of amides is 2. The van der Waals surface area contributed by atoms with Gasteiger partial charge in [-0.2, -0.15) is 0 Å². The second kappa shape index (κ2) is 12.8. The van der Waals surface area contributed by atoms with Crippen molar-refractivity contribution in [3.05, 3.63) is 28.8 Å². The van der Waals surface area contributed by atoms with Gasteiger partial charge in [0.05, 0.1) is 17.3 Å². The van der Waals surface area contributed by atoms with Crippen LogP contribution < -0.4 is 21.3 Å². The number of aliphatic imine (C=N–C) groups is 1. The Morgan fingerprint density at radius 3 is 2.54 bits per heavy atom. The summed E-state index contributed by atoms with van der Waals surface area (Å²) in [7, 11) is 0. The van der Waals surface area contributed by atoms with Crippen LogP contribution in [0.4, 0.5) is 5.69 Å². The van der Waals surface area contributed by atoms with Gasteiger partial charge >= 0.3 is 0 Å². The third kappa shape index (κ3) is 9.09. The molecule has 1 saturated carbocycles. The molecular weight excluding hydrogens is 493 g/mol. The van der Waals surface area contributed by atoms with E-state index in [1.165, 1.54) is 0 Å². The van der Waals surface area contributed by atoms with E-state index >= 15 is 0 Å². The SMILES string of the molecule is CCNC(=NCCC(=O)Nc1ccc(C)cc1Cl)NCCNC(=O)C1CC1.I. The molecule has 2 amide bonds. The minimum Gasteiger partial charge on any atom is -0.357 e. The molecule has 0 saturated heterocycles. The lowest BCUT2D eigenvalue weighted by atomic mass is 10.2. The molecule has 1 aromatic carbocycles. The van der Waals surface area contributed by atoms with Crippen molar-refractivity contribution < 1.29 is 9.59 Å². The van der Waals surface area contributed by atoms with Gasteiger partial charge in [0.25, 0.3) is 0 Å². The van der Waals surface area contributed by atoms with E-state index in [2.05, 4.69) is 26.3 Å². The first kappa shape index (κ1) is 24.5. The molecule has 0 heterocycles. The zero-order chi connectivity index (χ0) is 19.6. The van der Waals surface area contributed by atoms with Crippen molar-refractivity contribution in [1.82, 2.24) is 16.0 Å². The van der Waals surface area contributed by atoms with Crippen LogP contribution in [0.2, 0.25) is 5.02 Å². The summed E-state index contributed by atoms with van der Waals surface area (Å²) in [5.74, 6) is 0.828. The van der Waals surface area contributed by atoms with Crippen LogP contribution in [0.3, 0.4) is 0 Å². The zero-order valence-corrected chi connectivity index (χ0v) is 19.4. The number of hydrogen-bond acceptors (Lipinski definition) is 3. The lowest BCUT2D eigenvalue weighted by Crippen LogP contribution is -2.41. The number of nitrogens with one attached hydrogen (secondary N) is 4. The Kier molecular flexibility index (Phi) is 11.2. The fourth-order valence-corrected chi connectivity index (χ4v) is 2.68. The summed E-state index contributed by atoms with van der Waals surface area (Å²) in [5.41, 5.74) is 1.64. The van der Waals surface area contributed by atoms with Crippen molar-refractivity contribution in [2.24, 2.45) is 10.9 Å². The van der Waals surface area contributed by atoms with Crippen LogP contribution in [0.15, 0.2) is 23.2 Å². The molecule has 9 heteroatoms. The molecule has 28 heavy (non-hydrogen) atoms. The maximum atomic E-state index is 12.1. The number of rotatable bonds is 9. The number of nitrogens with zero attached hydrogens (tertiary/aromatic N) is 1. The quantitative estimate of drug-likeness (QED) is 0.174. The summed E-state index contributed by atoms with van der Waals surface area (Å²) in [6, 6.07) is 5.50. The van der Waals surface area contributed by atoms with E-state index in [1.807, 2.05) is 26.0 Å². The Morgan fingerprint density at radius 2 is 1.89 bits per heavy atom. The summed E-state index contributed by atoms with van der Waals surface area (Å²) < 4.78 is 0. The number of carbonyl (C=O) groups excluding carboxylic acids is 2. The highest BCUT2D eigenvalue weighted by Crippen LogP contribution is 2.28. The van der Waals surface area contributed by atoms with Crippen LogP contribution in [0.25, 0.3) is 0 Å². The highest BCUT2D eigenvalue weighted by molar-refractivity contribution is 14.0. The average Bonchev–Trinajstić information content (AvgIpc) is 3.46. The maximum absolute atomic E-state index is 12.1. The molecule has 156 valence electrons. The molecular formula is C19H29ClIN5O2. The molecule has 1 aromatic rings. The number of carbonyl (C=O) groups is 2. The van der Waals surface area contributed by atoms with Crippen LogP contribution >= 0.6 is 35.6 Å². The molecule has 1 aliphatic carbocycles. The van der Waals surface area contributed by atoms with E-state index in [4.69, 9.17) is 11.6 Å². The van der Waals surface area contributed by atoms with Gasteiger partial charge in [-0.25, -0.2) is 0 Å². The van der Waals surface area contributed by atoms with E-state index in [1.54, 1.807) is 6.07 Å². The third-order valence-electron chi connectivity index (χ3n) is 4.02. The second-order valence-electron chi connectivity index (χ2n) is 6.53. The first-order valence-electron chi connectivity index (χ1n) is 9.35. The predicted octanol–water partition coefficient (Wildman–Crippen LogP) is 2.68. The lowest BCUT2D eigenvalue weighted by Gasteiger charge is -2.12. The maximum Gasteiger partial charge on any atom is 0.226 e. The molecule has 0 aliphatic heterocycles. The highest BCUT2D eigenvalue weighted by Gasteiger charge is 2.28. The summed E-state index contributed by atoms with van der Waals surface area (Å²) in [6.07, 6.45) is 2.25. The van der Waals surface area contributed by atoms with Crippen molar-refractivity contribution in [2.45, 2.75) is 33.1 Å². The van der Waals surface area contributed by atoms with E-state index in [-0.39, 0.29) is 48.1 Å². The normalized spacial score (nSPS) is 13.3. The van der Waals surface area contributed by atoms with Gasteiger partial charge in [-0.1, -0.05) is 17.7 Å². The topological polar surface area (TPSA) is 94.6 Å². The van der Waals surface area contributed by atoms with Gasteiger partial charge in [-0.3, -0.25) is 14.6 Å². The van der Waals surface area contributed by atoms with Crippen molar-refractivity contribution in [3.8, 4) is 0 Å². The Balaban J connectivity index is 0.00000392. The highest BCUT2D eigenvalue weighted by atomic mass is 127. The van der Waals surface area contributed by atoms with Crippen LogP contribution in [-0.4, -0.2) is 44.0 Å². The number of aryl methyl sites for hydroxylation is 1. The van der Waals surface area contributed by atoms with Gasteiger partial charge in [-0.05, 0) is 44.4 Å². The Bertz CT molecular complexity index is 695. The number of halogens is 2. The van der Waals surface area contributed by atoms with Crippen molar-refractivity contribution in [2.75, 3.05) is 31.5 Å². The number of guanidine groups is 1. The first-order chi connectivity index (χ1) is 13.0. The number of hydrogen-bond donors (Lipinski definition) is 4. The van der Waals surface area contributed by atoms with E-state index < -0.39 is 0 Å². The van der Waals surface area contributed by atoms with Crippen LogP contribution in [0, 0.1) is 12.8 Å². The fraction of sp³-hybridized carbons (Fsp3) is 0.526.